The van der Waals surface area contributed by atoms with Crippen molar-refractivity contribution in [3.63, 3.8) is 0 Å². The number of anilines is 1. The fourth-order valence-electron chi connectivity index (χ4n) is 1.80. The fourth-order valence-corrected chi connectivity index (χ4v) is 2.36. The zero-order chi connectivity index (χ0) is 13.8. The number of nitrogens with zero attached hydrogens (tertiary/aromatic N) is 1. The van der Waals surface area contributed by atoms with Gasteiger partial charge in [-0.05, 0) is 19.4 Å². The van der Waals surface area contributed by atoms with Gasteiger partial charge in [-0.15, -0.1) is 11.3 Å². The number of benzene rings is 1. The predicted octanol–water partition coefficient (Wildman–Crippen LogP) is 2.45. The van der Waals surface area contributed by atoms with Crippen molar-refractivity contribution in [2.75, 3.05) is 5.73 Å². The van der Waals surface area contributed by atoms with Crippen molar-refractivity contribution in [2.45, 2.75) is 26.3 Å². The standard InChI is InChI=1S/C14H17N3OS/c1-9-3-5-11(6-4-9)10(2)16-13(18)7-12-8-19-14(15)17-12/h3-6,8,10H,7H2,1-2H3,(H2,15,17)(H,16,18). The molecule has 1 atom stereocenters. The van der Waals surface area contributed by atoms with Crippen molar-refractivity contribution in [3.8, 4) is 0 Å². The highest BCUT2D eigenvalue weighted by molar-refractivity contribution is 7.13. The molecule has 0 aliphatic carbocycles. The monoisotopic (exact) mass is 275 g/mol. The summed E-state index contributed by atoms with van der Waals surface area (Å²) in [7, 11) is 0. The molecule has 0 aliphatic heterocycles. The van der Waals surface area contributed by atoms with Gasteiger partial charge in [0.25, 0.3) is 0 Å². The van der Waals surface area contributed by atoms with Crippen molar-refractivity contribution in [2.24, 2.45) is 0 Å². The topological polar surface area (TPSA) is 68.0 Å². The van der Waals surface area contributed by atoms with Crippen LogP contribution in [0.15, 0.2) is 29.6 Å². The second-order valence-corrected chi connectivity index (χ2v) is 5.44. The van der Waals surface area contributed by atoms with Crippen molar-refractivity contribution in [1.82, 2.24) is 10.3 Å². The summed E-state index contributed by atoms with van der Waals surface area (Å²) >= 11 is 1.35. The molecule has 2 aromatic rings. The van der Waals surface area contributed by atoms with Crippen LogP contribution in [0.1, 0.15) is 29.8 Å². The van der Waals surface area contributed by atoms with E-state index in [2.05, 4.69) is 10.3 Å². The van der Waals surface area contributed by atoms with Gasteiger partial charge in [0.15, 0.2) is 5.13 Å². The molecule has 2 rings (SSSR count). The molecule has 1 unspecified atom stereocenters. The smallest absolute Gasteiger partial charge is 0.226 e. The summed E-state index contributed by atoms with van der Waals surface area (Å²) < 4.78 is 0. The van der Waals surface area contributed by atoms with Crippen LogP contribution in [0.25, 0.3) is 0 Å². The van der Waals surface area contributed by atoms with Crippen LogP contribution in [0.4, 0.5) is 5.13 Å². The molecular weight excluding hydrogens is 258 g/mol. The number of carbonyl (C=O) groups excluding carboxylic acids is 1. The highest BCUT2D eigenvalue weighted by atomic mass is 32.1. The minimum atomic E-state index is -0.0432. The van der Waals surface area contributed by atoms with Crippen molar-refractivity contribution in [3.05, 3.63) is 46.5 Å². The Bertz CT molecular complexity index is 562. The van der Waals surface area contributed by atoms with Crippen molar-refractivity contribution in [1.29, 1.82) is 0 Å². The van der Waals surface area contributed by atoms with E-state index in [1.807, 2.05) is 43.5 Å². The molecule has 1 aromatic heterocycles. The van der Waals surface area contributed by atoms with Crippen LogP contribution >= 0.6 is 11.3 Å². The summed E-state index contributed by atoms with van der Waals surface area (Å²) in [6, 6.07) is 8.13. The Labute approximate surface area is 116 Å². The summed E-state index contributed by atoms with van der Waals surface area (Å²) in [6.45, 7) is 4.01. The summed E-state index contributed by atoms with van der Waals surface area (Å²) in [5.41, 5.74) is 8.56. The van der Waals surface area contributed by atoms with Gasteiger partial charge in [-0.2, -0.15) is 0 Å². The number of hydrogen-bond donors (Lipinski definition) is 2. The maximum absolute atomic E-state index is 11.9. The molecule has 5 heteroatoms. The van der Waals surface area contributed by atoms with Gasteiger partial charge in [-0.25, -0.2) is 4.98 Å². The summed E-state index contributed by atoms with van der Waals surface area (Å²) in [6.07, 6.45) is 0.268. The molecule has 1 amide bonds. The molecule has 0 spiro atoms. The van der Waals surface area contributed by atoms with Gasteiger partial charge in [0, 0.05) is 5.38 Å². The van der Waals surface area contributed by atoms with Crippen LogP contribution in [-0.4, -0.2) is 10.9 Å². The lowest BCUT2D eigenvalue weighted by atomic mass is 10.1. The first kappa shape index (κ1) is 13.5. The van der Waals surface area contributed by atoms with Gasteiger partial charge in [-0.3, -0.25) is 4.79 Å². The number of aromatic nitrogens is 1. The van der Waals surface area contributed by atoms with E-state index >= 15 is 0 Å². The Balaban J connectivity index is 1.93. The number of nitrogens with one attached hydrogen (secondary N) is 1. The van der Waals surface area contributed by atoms with E-state index in [0.717, 1.165) is 11.3 Å². The zero-order valence-electron chi connectivity index (χ0n) is 11.0. The Kier molecular flexibility index (Phi) is 4.16. The summed E-state index contributed by atoms with van der Waals surface area (Å²) in [4.78, 5) is 16.0. The first-order chi connectivity index (χ1) is 9.04. The molecule has 0 radical (unpaired) electrons. The van der Waals surface area contributed by atoms with Gasteiger partial charge in [0.2, 0.25) is 5.91 Å². The third-order valence-corrected chi connectivity index (χ3v) is 3.59. The minimum absolute atomic E-state index is 0.0101. The number of nitrogen functional groups attached to an aromatic ring is 1. The van der Waals surface area contributed by atoms with Gasteiger partial charge in [0.05, 0.1) is 18.2 Å². The van der Waals surface area contributed by atoms with E-state index in [1.165, 1.54) is 16.9 Å². The van der Waals surface area contributed by atoms with Crippen LogP contribution in [0.3, 0.4) is 0 Å². The summed E-state index contributed by atoms with van der Waals surface area (Å²) in [5.74, 6) is -0.0432. The SMILES string of the molecule is Cc1ccc(C(C)NC(=O)Cc2csc(N)n2)cc1. The fraction of sp³-hybridized carbons (Fsp3) is 0.286. The minimum Gasteiger partial charge on any atom is -0.375 e. The summed E-state index contributed by atoms with van der Waals surface area (Å²) in [5, 5.41) is 5.26. The van der Waals surface area contributed by atoms with Crippen molar-refractivity contribution < 1.29 is 4.79 Å². The average molecular weight is 275 g/mol. The lowest BCUT2D eigenvalue weighted by Gasteiger charge is -2.14. The number of hydrogen-bond acceptors (Lipinski definition) is 4. The molecular formula is C14H17N3OS. The number of carbonyl (C=O) groups is 1. The molecule has 0 aliphatic rings. The number of rotatable bonds is 4. The zero-order valence-corrected chi connectivity index (χ0v) is 11.8. The van der Waals surface area contributed by atoms with E-state index in [0.29, 0.717) is 5.13 Å². The normalized spacial score (nSPS) is 12.1. The lowest BCUT2D eigenvalue weighted by molar-refractivity contribution is -0.121. The van der Waals surface area contributed by atoms with E-state index in [-0.39, 0.29) is 18.4 Å². The van der Waals surface area contributed by atoms with Crippen LogP contribution < -0.4 is 11.1 Å². The largest absolute Gasteiger partial charge is 0.375 e. The van der Waals surface area contributed by atoms with E-state index in [1.54, 1.807) is 0 Å². The average Bonchev–Trinajstić information content (AvgIpc) is 2.75. The molecule has 1 heterocycles. The second-order valence-electron chi connectivity index (χ2n) is 4.55. The highest BCUT2D eigenvalue weighted by Gasteiger charge is 2.11. The molecule has 1 aromatic carbocycles. The molecule has 100 valence electrons. The van der Waals surface area contributed by atoms with Crippen LogP contribution in [0.2, 0.25) is 0 Å². The lowest BCUT2D eigenvalue weighted by Crippen LogP contribution is -2.28. The Morgan fingerprint density at radius 3 is 2.68 bits per heavy atom. The predicted molar refractivity (Wildman–Crippen MR) is 78.0 cm³/mol. The van der Waals surface area contributed by atoms with Crippen LogP contribution in [0, 0.1) is 6.92 Å². The quantitative estimate of drug-likeness (QED) is 0.900. The molecule has 0 fully saturated rings. The van der Waals surface area contributed by atoms with Crippen LogP contribution in [-0.2, 0) is 11.2 Å². The Morgan fingerprint density at radius 2 is 2.11 bits per heavy atom. The van der Waals surface area contributed by atoms with Gasteiger partial charge in [0.1, 0.15) is 0 Å². The number of amides is 1. The first-order valence-electron chi connectivity index (χ1n) is 6.10. The van der Waals surface area contributed by atoms with Crippen LogP contribution in [0.5, 0.6) is 0 Å². The molecule has 3 N–H and O–H groups in total. The van der Waals surface area contributed by atoms with E-state index < -0.39 is 0 Å². The molecule has 0 saturated carbocycles. The van der Waals surface area contributed by atoms with E-state index in [9.17, 15) is 4.79 Å². The molecule has 0 bridgehead atoms. The molecule has 4 nitrogen and oxygen atoms in total. The first-order valence-corrected chi connectivity index (χ1v) is 6.98. The highest BCUT2D eigenvalue weighted by Crippen LogP contribution is 2.14. The maximum atomic E-state index is 11.9. The molecule has 0 saturated heterocycles. The second kappa shape index (κ2) is 5.84. The third-order valence-electron chi connectivity index (χ3n) is 2.87. The van der Waals surface area contributed by atoms with Gasteiger partial charge < -0.3 is 11.1 Å². The molecule has 19 heavy (non-hydrogen) atoms. The number of nitrogens with two attached hydrogens (primary N) is 1. The van der Waals surface area contributed by atoms with Crippen molar-refractivity contribution >= 4 is 22.4 Å². The number of aryl methyl sites for hydroxylation is 1. The number of thiazole rings is 1. The Hall–Kier alpha value is -1.88. The maximum Gasteiger partial charge on any atom is 0.226 e. The van der Waals surface area contributed by atoms with E-state index in [4.69, 9.17) is 5.73 Å². The van der Waals surface area contributed by atoms with Gasteiger partial charge >= 0.3 is 0 Å². The third kappa shape index (κ3) is 3.79. The van der Waals surface area contributed by atoms with Gasteiger partial charge in [-0.1, -0.05) is 29.8 Å². The Morgan fingerprint density at radius 1 is 1.42 bits per heavy atom.